The molecule has 0 aliphatic rings. The van der Waals surface area contributed by atoms with E-state index in [4.69, 9.17) is 5.73 Å². The summed E-state index contributed by atoms with van der Waals surface area (Å²) in [6.07, 6.45) is 0. The van der Waals surface area contributed by atoms with Crippen molar-refractivity contribution in [2.24, 2.45) is 0 Å². The first kappa shape index (κ1) is 15.5. The summed E-state index contributed by atoms with van der Waals surface area (Å²) in [4.78, 5) is 11.3. The summed E-state index contributed by atoms with van der Waals surface area (Å²) < 4.78 is 31.2. The highest BCUT2D eigenvalue weighted by Crippen LogP contribution is 2.22. The van der Waals surface area contributed by atoms with Gasteiger partial charge in [0.15, 0.2) is 0 Å². The van der Waals surface area contributed by atoms with Gasteiger partial charge in [0, 0.05) is 5.69 Å². The molecule has 0 saturated heterocycles. The Kier molecular flexibility index (Phi) is 4.90. The third-order valence-electron chi connectivity index (χ3n) is 2.46. The number of benzene rings is 1. The van der Waals surface area contributed by atoms with Crippen LogP contribution < -0.4 is 10.5 Å². The number of nitrogens with one attached hydrogen (secondary N) is 1. The molecule has 6 nitrogen and oxygen atoms in total. The number of carbonyl (C=O) groups is 1. The second-order valence-electron chi connectivity index (χ2n) is 4.11. The third-order valence-corrected chi connectivity index (χ3v) is 4.17. The van der Waals surface area contributed by atoms with Gasteiger partial charge in [0.1, 0.15) is 6.54 Å². The summed E-state index contributed by atoms with van der Waals surface area (Å²) in [5, 5.41) is 0. The van der Waals surface area contributed by atoms with Crippen molar-refractivity contribution in [3.63, 3.8) is 0 Å². The number of sulfonamides is 1. The molecule has 7 heteroatoms. The van der Waals surface area contributed by atoms with Crippen LogP contribution in [0.15, 0.2) is 17.0 Å². The number of anilines is 1. The van der Waals surface area contributed by atoms with E-state index >= 15 is 0 Å². The second kappa shape index (κ2) is 6.03. The summed E-state index contributed by atoms with van der Waals surface area (Å²) in [6, 6.07) is 3.15. The maximum Gasteiger partial charge on any atom is 0.321 e. The van der Waals surface area contributed by atoms with Gasteiger partial charge in [-0.15, -0.1) is 0 Å². The molecule has 1 rings (SSSR count). The first-order valence-electron chi connectivity index (χ1n) is 5.80. The Balaban J connectivity index is 2.98. The first-order valence-corrected chi connectivity index (χ1v) is 7.28. The molecule has 1 aromatic rings. The summed E-state index contributed by atoms with van der Waals surface area (Å²) >= 11 is 0. The summed E-state index contributed by atoms with van der Waals surface area (Å²) in [7, 11) is -3.76. The highest BCUT2D eigenvalue weighted by atomic mass is 32.2. The molecule has 0 heterocycles. The van der Waals surface area contributed by atoms with Gasteiger partial charge in [-0.25, -0.2) is 8.42 Å². The summed E-state index contributed by atoms with van der Waals surface area (Å²) in [6.45, 7) is 4.78. The van der Waals surface area contributed by atoms with Crippen molar-refractivity contribution in [1.82, 2.24) is 4.72 Å². The highest BCUT2D eigenvalue weighted by Gasteiger charge is 2.20. The van der Waals surface area contributed by atoms with Crippen LogP contribution in [0.25, 0.3) is 0 Å². The van der Waals surface area contributed by atoms with Crippen LogP contribution in [0.3, 0.4) is 0 Å². The lowest BCUT2D eigenvalue weighted by Crippen LogP contribution is -2.31. The second-order valence-corrected chi connectivity index (χ2v) is 5.82. The lowest BCUT2D eigenvalue weighted by molar-refractivity contribution is -0.141. The predicted molar refractivity (Wildman–Crippen MR) is 72.1 cm³/mol. The molecule has 0 bridgehead atoms. The minimum atomic E-state index is -3.76. The molecule has 0 fully saturated rings. The molecule has 1 aromatic carbocycles. The number of rotatable bonds is 5. The van der Waals surface area contributed by atoms with Crippen molar-refractivity contribution in [3.8, 4) is 0 Å². The zero-order chi connectivity index (χ0) is 14.6. The molecular formula is C12H18N2O4S. The highest BCUT2D eigenvalue weighted by molar-refractivity contribution is 7.89. The molecular weight excluding hydrogens is 268 g/mol. The Morgan fingerprint density at radius 1 is 1.32 bits per heavy atom. The molecule has 3 N–H and O–H groups in total. The first-order chi connectivity index (χ1) is 8.77. The van der Waals surface area contributed by atoms with E-state index in [1.165, 1.54) is 0 Å². The van der Waals surface area contributed by atoms with E-state index in [1.807, 2.05) is 0 Å². The Morgan fingerprint density at radius 2 is 1.84 bits per heavy atom. The van der Waals surface area contributed by atoms with Crippen molar-refractivity contribution in [3.05, 3.63) is 23.3 Å². The Labute approximate surface area is 113 Å². The fourth-order valence-corrected chi connectivity index (χ4v) is 3.26. The van der Waals surface area contributed by atoms with E-state index in [0.717, 1.165) is 0 Å². The van der Waals surface area contributed by atoms with E-state index < -0.39 is 16.0 Å². The van der Waals surface area contributed by atoms with Crippen LogP contribution in [0.5, 0.6) is 0 Å². The number of nitrogens with two attached hydrogens (primary N) is 1. The monoisotopic (exact) mass is 286 g/mol. The number of aryl methyl sites for hydroxylation is 2. The van der Waals surface area contributed by atoms with E-state index in [9.17, 15) is 13.2 Å². The van der Waals surface area contributed by atoms with Crippen molar-refractivity contribution in [1.29, 1.82) is 0 Å². The van der Waals surface area contributed by atoms with E-state index in [-0.39, 0.29) is 18.0 Å². The standard InChI is InChI=1S/C12H18N2O4S/c1-4-18-11(15)7-14-19(16,17)12-8(2)5-10(13)6-9(12)3/h5-6,14H,4,7,13H2,1-3H3. The molecule has 0 aliphatic carbocycles. The van der Waals surface area contributed by atoms with Crippen LogP contribution in [0.4, 0.5) is 5.69 Å². The molecule has 106 valence electrons. The Morgan fingerprint density at radius 3 is 2.32 bits per heavy atom. The van der Waals surface area contributed by atoms with Crippen LogP contribution in [0, 0.1) is 13.8 Å². The molecule has 0 aliphatic heterocycles. The molecule has 0 atom stereocenters. The Hall–Kier alpha value is -1.60. The van der Waals surface area contributed by atoms with Gasteiger partial charge < -0.3 is 10.5 Å². The number of hydrogen-bond acceptors (Lipinski definition) is 5. The average molecular weight is 286 g/mol. The van der Waals surface area contributed by atoms with Crippen molar-refractivity contribution in [2.75, 3.05) is 18.9 Å². The maximum atomic E-state index is 12.1. The van der Waals surface area contributed by atoms with Gasteiger partial charge in [-0.3, -0.25) is 4.79 Å². The SMILES string of the molecule is CCOC(=O)CNS(=O)(=O)c1c(C)cc(N)cc1C. The number of hydrogen-bond donors (Lipinski definition) is 2. The molecule has 0 aromatic heterocycles. The normalized spacial score (nSPS) is 11.3. The van der Waals surface area contributed by atoms with Crippen molar-refractivity contribution in [2.45, 2.75) is 25.7 Å². The zero-order valence-corrected chi connectivity index (χ0v) is 12.0. The maximum absolute atomic E-state index is 12.1. The van der Waals surface area contributed by atoms with E-state index in [0.29, 0.717) is 16.8 Å². The number of esters is 1. The smallest absolute Gasteiger partial charge is 0.321 e. The van der Waals surface area contributed by atoms with E-state index in [2.05, 4.69) is 9.46 Å². The van der Waals surface area contributed by atoms with Crippen LogP contribution in [-0.4, -0.2) is 27.5 Å². The molecule has 0 amide bonds. The van der Waals surface area contributed by atoms with Gasteiger partial charge in [0.05, 0.1) is 11.5 Å². The van der Waals surface area contributed by atoms with Crippen molar-refractivity contribution >= 4 is 21.7 Å². The molecule has 0 spiro atoms. The summed E-state index contributed by atoms with van der Waals surface area (Å²) in [5.74, 6) is -0.614. The lowest BCUT2D eigenvalue weighted by Gasteiger charge is -2.12. The zero-order valence-electron chi connectivity index (χ0n) is 11.2. The largest absolute Gasteiger partial charge is 0.465 e. The number of ether oxygens (including phenoxy) is 1. The minimum absolute atomic E-state index is 0.144. The van der Waals surface area contributed by atoms with Crippen LogP contribution in [-0.2, 0) is 19.6 Å². The van der Waals surface area contributed by atoms with Gasteiger partial charge in [0.25, 0.3) is 0 Å². The van der Waals surface area contributed by atoms with Gasteiger partial charge in [-0.2, -0.15) is 4.72 Å². The van der Waals surface area contributed by atoms with Gasteiger partial charge in [0.2, 0.25) is 10.0 Å². The third kappa shape index (κ3) is 3.93. The average Bonchev–Trinajstić information content (AvgIpc) is 2.25. The fraction of sp³-hybridized carbons (Fsp3) is 0.417. The topological polar surface area (TPSA) is 98.5 Å². The predicted octanol–water partition coefficient (Wildman–Crippen LogP) is 0.727. The molecule has 19 heavy (non-hydrogen) atoms. The molecule has 0 radical (unpaired) electrons. The number of carbonyl (C=O) groups excluding carboxylic acids is 1. The van der Waals surface area contributed by atoms with Gasteiger partial charge in [-0.05, 0) is 44.0 Å². The van der Waals surface area contributed by atoms with Crippen LogP contribution in [0.2, 0.25) is 0 Å². The minimum Gasteiger partial charge on any atom is -0.465 e. The van der Waals surface area contributed by atoms with E-state index in [1.54, 1.807) is 32.9 Å². The molecule has 0 saturated carbocycles. The van der Waals surface area contributed by atoms with Gasteiger partial charge >= 0.3 is 5.97 Å². The fourth-order valence-electron chi connectivity index (χ4n) is 1.85. The lowest BCUT2D eigenvalue weighted by atomic mass is 10.1. The molecule has 0 unspecified atom stereocenters. The quantitative estimate of drug-likeness (QED) is 0.614. The van der Waals surface area contributed by atoms with Crippen LogP contribution in [0.1, 0.15) is 18.1 Å². The van der Waals surface area contributed by atoms with Crippen LogP contribution >= 0.6 is 0 Å². The van der Waals surface area contributed by atoms with Crippen molar-refractivity contribution < 1.29 is 17.9 Å². The Bertz CT molecular complexity index is 558. The van der Waals surface area contributed by atoms with Gasteiger partial charge in [-0.1, -0.05) is 0 Å². The number of nitrogen functional groups attached to an aromatic ring is 1. The summed E-state index contributed by atoms with van der Waals surface area (Å²) in [5.41, 5.74) is 7.22.